The first kappa shape index (κ1) is 14.7. The summed E-state index contributed by atoms with van der Waals surface area (Å²) in [6.45, 7) is 0.529. The summed E-state index contributed by atoms with van der Waals surface area (Å²) in [6.07, 6.45) is 2.38. The Balaban J connectivity index is 2.16. The first-order chi connectivity index (χ1) is 9.11. The number of thioether (sulfide) groups is 1. The Morgan fingerprint density at radius 3 is 2.68 bits per heavy atom. The predicted molar refractivity (Wildman–Crippen MR) is 85.7 cm³/mol. The minimum Gasteiger partial charge on any atom is -0.396 e. The molecule has 1 aromatic carbocycles. The molecule has 100 valence electrons. The molecule has 1 fully saturated rings. The Bertz CT molecular complexity index is 528. The van der Waals surface area contributed by atoms with Crippen LogP contribution in [0.2, 0.25) is 0 Å². The molecule has 0 aliphatic carbocycles. The maximum absolute atomic E-state index is 12.2. The molecular weight excluding hydrogens is 346 g/mol. The summed E-state index contributed by atoms with van der Waals surface area (Å²) < 4.78 is 1.56. The van der Waals surface area contributed by atoms with Crippen LogP contribution in [-0.2, 0) is 4.79 Å². The molecule has 1 aromatic rings. The van der Waals surface area contributed by atoms with Crippen LogP contribution in [0.5, 0.6) is 0 Å². The SMILES string of the molecule is O=C1/C(=C/c2ccc(Br)cc2)SC(=S)N1CCCO. The number of aliphatic hydroxyl groups is 1. The molecule has 1 N–H and O–H groups in total. The second-order valence-corrected chi connectivity index (χ2v) is 6.55. The minimum atomic E-state index is -0.0774. The van der Waals surface area contributed by atoms with Crippen molar-refractivity contribution < 1.29 is 9.90 Å². The molecule has 0 saturated carbocycles. The van der Waals surface area contributed by atoms with Gasteiger partial charge < -0.3 is 5.11 Å². The summed E-state index contributed by atoms with van der Waals surface area (Å²) in [5, 5.41) is 8.82. The molecule has 3 nitrogen and oxygen atoms in total. The average molecular weight is 358 g/mol. The third kappa shape index (κ3) is 3.66. The molecule has 1 aliphatic heterocycles. The second-order valence-electron chi connectivity index (χ2n) is 3.96. The lowest BCUT2D eigenvalue weighted by molar-refractivity contribution is -0.122. The summed E-state index contributed by atoms with van der Waals surface area (Å²) in [4.78, 5) is 14.3. The highest BCUT2D eigenvalue weighted by molar-refractivity contribution is 9.10. The zero-order valence-electron chi connectivity index (χ0n) is 10.0. The van der Waals surface area contributed by atoms with E-state index < -0.39 is 0 Å². The van der Waals surface area contributed by atoms with Crippen molar-refractivity contribution >= 4 is 56.2 Å². The maximum Gasteiger partial charge on any atom is 0.266 e. The number of halogens is 1. The van der Waals surface area contributed by atoms with E-state index in [1.807, 2.05) is 30.3 Å². The fraction of sp³-hybridized carbons (Fsp3) is 0.231. The normalized spacial score (nSPS) is 17.6. The number of carbonyl (C=O) groups is 1. The van der Waals surface area contributed by atoms with Gasteiger partial charge in [-0.15, -0.1) is 0 Å². The van der Waals surface area contributed by atoms with Gasteiger partial charge in [0.25, 0.3) is 5.91 Å². The zero-order valence-corrected chi connectivity index (χ0v) is 13.2. The smallest absolute Gasteiger partial charge is 0.266 e. The molecule has 1 heterocycles. The number of nitrogens with zero attached hydrogens (tertiary/aromatic N) is 1. The lowest BCUT2D eigenvalue weighted by Gasteiger charge is -2.12. The standard InChI is InChI=1S/C13H12BrNO2S2/c14-10-4-2-9(3-5-10)8-11-12(17)15(6-1-7-16)13(18)19-11/h2-5,8,16H,1,6-7H2/b11-8-. The second kappa shape index (κ2) is 6.65. The van der Waals surface area contributed by atoms with Crippen molar-refractivity contribution in [2.24, 2.45) is 0 Å². The van der Waals surface area contributed by atoms with E-state index in [1.54, 1.807) is 4.90 Å². The number of benzene rings is 1. The van der Waals surface area contributed by atoms with E-state index in [0.717, 1.165) is 10.0 Å². The number of rotatable bonds is 4. The van der Waals surface area contributed by atoms with Crippen molar-refractivity contribution in [2.75, 3.05) is 13.2 Å². The first-order valence-corrected chi connectivity index (χ1v) is 7.75. The summed E-state index contributed by atoms with van der Waals surface area (Å²) in [6, 6.07) is 7.73. The average Bonchev–Trinajstić information content (AvgIpc) is 2.65. The Labute approximate surface area is 129 Å². The van der Waals surface area contributed by atoms with E-state index in [2.05, 4.69) is 15.9 Å². The number of carbonyl (C=O) groups excluding carboxylic acids is 1. The van der Waals surface area contributed by atoms with E-state index in [9.17, 15) is 4.79 Å². The van der Waals surface area contributed by atoms with Gasteiger partial charge in [0.1, 0.15) is 4.32 Å². The molecule has 0 atom stereocenters. The Morgan fingerprint density at radius 1 is 1.37 bits per heavy atom. The van der Waals surface area contributed by atoms with E-state index in [-0.39, 0.29) is 12.5 Å². The predicted octanol–water partition coefficient (Wildman–Crippen LogP) is 3.03. The number of hydrogen-bond donors (Lipinski definition) is 1. The molecule has 0 aromatic heterocycles. The molecule has 0 spiro atoms. The van der Waals surface area contributed by atoms with Gasteiger partial charge in [0, 0.05) is 17.6 Å². The zero-order chi connectivity index (χ0) is 13.8. The van der Waals surface area contributed by atoms with Crippen molar-refractivity contribution in [3.05, 3.63) is 39.2 Å². The van der Waals surface area contributed by atoms with Crippen LogP contribution < -0.4 is 0 Å². The van der Waals surface area contributed by atoms with Gasteiger partial charge in [-0.2, -0.15) is 0 Å². The molecule has 1 amide bonds. The van der Waals surface area contributed by atoms with Gasteiger partial charge in [-0.25, -0.2) is 0 Å². The maximum atomic E-state index is 12.2. The lowest BCUT2D eigenvalue weighted by Crippen LogP contribution is -2.29. The quantitative estimate of drug-likeness (QED) is 0.664. The molecule has 2 rings (SSSR count). The Kier molecular flexibility index (Phi) is 5.15. The highest BCUT2D eigenvalue weighted by Crippen LogP contribution is 2.32. The molecule has 0 bridgehead atoms. The van der Waals surface area contributed by atoms with Crippen LogP contribution in [0.1, 0.15) is 12.0 Å². The summed E-state index contributed by atoms with van der Waals surface area (Å²) in [5.41, 5.74) is 0.964. The fourth-order valence-electron chi connectivity index (χ4n) is 1.63. The molecule has 1 saturated heterocycles. The molecule has 0 radical (unpaired) electrons. The minimum absolute atomic E-state index is 0.0584. The van der Waals surface area contributed by atoms with Crippen LogP contribution in [0.15, 0.2) is 33.6 Å². The molecule has 0 unspecified atom stereocenters. The van der Waals surface area contributed by atoms with E-state index >= 15 is 0 Å². The molecule has 19 heavy (non-hydrogen) atoms. The molecule has 6 heteroatoms. The highest BCUT2D eigenvalue weighted by Gasteiger charge is 2.31. The summed E-state index contributed by atoms with van der Waals surface area (Å²) >= 11 is 9.86. The van der Waals surface area contributed by atoms with Crippen molar-refractivity contribution in [3.63, 3.8) is 0 Å². The van der Waals surface area contributed by atoms with Gasteiger partial charge >= 0.3 is 0 Å². The topological polar surface area (TPSA) is 40.5 Å². The van der Waals surface area contributed by atoms with Crippen LogP contribution >= 0.6 is 39.9 Å². The summed E-state index contributed by atoms with van der Waals surface area (Å²) in [5.74, 6) is -0.0774. The van der Waals surface area contributed by atoms with Crippen LogP contribution in [0, 0.1) is 0 Å². The van der Waals surface area contributed by atoms with Crippen molar-refractivity contribution in [2.45, 2.75) is 6.42 Å². The van der Waals surface area contributed by atoms with Gasteiger partial charge in [-0.3, -0.25) is 9.69 Å². The third-order valence-corrected chi connectivity index (χ3v) is 4.49. The van der Waals surface area contributed by atoms with Crippen LogP contribution in [0.4, 0.5) is 0 Å². The third-order valence-electron chi connectivity index (χ3n) is 2.58. The highest BCUT2D eigenvalue weighted by atomic mass is 79.9. The lowest BCUT2D eigenvalue weighted by atomic mass is 10.2. The van der Waals surface area contributed by atoms with Gasteiger partial charge in [0.05, 0.1) is 4.91 Å². The largest absolute Gasteiger partial charge is 0.396 e. The number of thiocarbonyl (C=S) groups is 1. The van der Waals surface area contributed by atoms with Crippen molar-refractivity contribution in [1.82, 2.24) is 4.90 Å². The van der Waals surface area contributed by atoms with E-state index in [1.165, 1.54) is 11.8 Å². The van der Waals surface area contributed by atoms with Crippen LogP contribution in [0.25, 0.3) is 6.08 Å². The van der Waals surface area contributed by atoms with Crippen molar-refractivity contribution in [1.29, 1.82) is 0 Å². The van der Waals surface area contributed by atoms with Crippen molar-refractivity contribution in [3.8, 4) is 0 Å². The van der Waals surface area contributed by atoms with Crippen LogP contribution in [-0.4, -0.2) is 33.4 Å². The van der Waals surface area contributed by atoms with E-state index in [4.69, 9.17) is 17.3 Å². The molecule has 1 aliphatic rings. The number of hydrogen-bond acceptors (Lipinski definition) is 4. The van der Waals surface area contributed by atoms with Gasteiger partial charge in [-0.1, -0.05) is 52.0 Å². The molecular formula is C13H12BrNO2S2. The van der Waals surface area contributed by atoms with Gasteiger partial charge in [-0.05, 0) is 30.2 Å². The van der Waals surface area contributed by atoms with Crippen LogP contribution in [0.3, 0.4) is 0 Å². The Hall–Kier alpha value is -0.690. The van der Waals surface area contributed by atoms with E-state index in [0.29, 0.717) is 22.2 Å². The fourth-order valence-corrected chi connectivity index (χ4v) is 3.20. The monoisotopic (exact) mass is 357 g/mol. The first-order valence-electron chi connectivity index (χ1n) is 5.73. The van der Waals surface area contributed by atoms with Gasteiger partial charge in [0.2, 0.25) is 0 Å². The summed E-state index contributed by atoms with van der Waals surface area (Å²) in [7, 11) is 0. The Morgan fingerprint density at radius 2 is 2.05 bits per heavy atom. The number of amides is 1. The number of aliphatic hydroxyl groups excluding tert-OH is 1. The van der Waals surface area contributed by atoms with Gasteiger partial charge in [0.15, 0.2) is 0 Å².